The van der Waals surface area contributed by atoms with Crippen LogP contribution in [0.2, 0.25) is 0 Å². The second-order valence-electron chi connectivity index (χ2n) is 5.47. The van der Waals surface area contributed by atoms with Crippen molar-refractivity contribution >= 4 is 40.9 Å². The summed E-state index contributed by atoms with van der Waals surface area (Å²) in [6.45, 7) is 3.76. The number of hydrogen-bond acceptors (Lipinski definition) is 4. The van der Waals surface area contributed by atoms with Gasteiger partial charge in [-0.2, -0.15) is 0 Å². The molecule has 0 atom stereocenters. The molecule has 0 aliphatic heterocycles. The number of carbonyl (C=O) groups is 2. The molecule has 2 aromatic rings. The van der Waals surface area contributed by atoms with Crippen LogP contribution in [-0.4, -0.2) is 23.0 Å². The highest BCUT2D eigenvalue weighted by molar-refractivity contribution is 7.80. The van der Waals surface area contributed by atoms with Crippen molar-refractivity contribution in [2.75, 3.05) is 5.32 Å². The molecule has 0 aliphatic rings. The zero-order chi connectivity index (χ0) is 18.2. The van der Waals surface area contributed by atoms with Crippen molar-refractivity contribution in [1.29, 1.82) is 0 Å². The van der Waals surface area contributed by atoms with Gasteiger partial charge < -0.3 is 15.1 Å². The summed E-state index contributed by atoms with van der Waals surface area (Å²) in [7, 11) is 0. The molecule has 2 amide bonds. The highest BCUT2D eigenvalue weighted by Crippen LogP contribution is 2.15. The summed E-state index contributed by atoms with van der Waals surface area (Å²) < 4.78 is 5.10. The number of amides is 2. The Morgan fingerprint density at radius 3 is 2.60 bits per heavy atom. The predicted molar refractivity (Wildman–Crippen MR) is 101 cm³/mol. The van der Waals surface area contributed by atoms with Crippen LogP contribution in [0.15, 0.2) is 53.2 Å². The Morgan fingerprint density at radius 2 is 1.92 bits per heavy atom. The van der Waals surface area contributed by atoms with E-state index in [4.69, 9.17) is 16.6 Å². The molecule has 1 aromatic carbocycles. The van der Waals surface area contributed by atoms with Crippen LogP contribution in [0, 0.1) is 0 Å². The van der Waals surface area contributed by atoms with Gasteiger partial charge in [0.25, 0.3) is 5.91 Å². The molecular formula is C18H19N3O3S. The third-order valence-electron chi connectivity index (χ3n) is 3.02. The van der Waals surface area contributed by atoms with Crippen molar-refractivity contribution in [3.05, 3.63) is 60.1 Å². The molecule has 0 saturated carbocycles. The van der Waals surface area contributed by atoms with Gasteiger partial charge in [0.15, 0.2) is 5.11 Å². The van der Waals surface area contributed by atoms with Crippen molar-refractivity contribution in [1.82, 2.24) is 10.6 Å². The maximum absolute atomic E-state index is 12.2. The smallest absolute Gasteiger partial charge is 0.253 e. The summed E-state index contributed by atoms with van der Waals surface area (Å²) in [6, 6.07) is 10.4. The van der Waals surface area contributed by atoms with Crippen molar-refractivity contribution in [2.24, 2.45) is 0 Å². The Balaban J connectivity index is 1.98. The molecule has 1 heterocycles. The van der Waals surface area contributed by atoms with Crippen LogP contribution in [0.5, 0.6) is 0 Å². The van der Waals surface area contributed by atoms with Gasteiger partial charge in [0.05, 0.1) is 17.5 Å². The van der Waals surface area contributed by atoms with E-state index < -0.39 is 5.91 Å². The van der Waals surface area contributed by atoms with Gasteiger partial charge in [-0.3, -0.25) is 14.9 Å². The van der Waals surface area contributed by atoms with Crippen LogP contribution in [0.4, 0.5) is 5.69 Å². The van der Waals surface area contributed by atoms with Crippen molar-refractivity contribution in [3.8, 4) is 0 Å². The first-order valence-corrected chi connectivity index (χ1v) is 8.10. The van der Waals surface area contributed by atoms with Crippen LogP contribution in [0.3, 0.4) is 0 Å². The van der Waals surface area contributed by atoms with E-state index >= 15 is 0 Å². The zero-order valence-electron chi connectivity index (χ0n) is 13.9. The Bertz CT molecular complexity index is 783. The van der Waals surface area contributed by atoms with Crippen LogP contribution in [-0.2, 0) is 4.79 Å². The molecule has 0 fully saturated rings. The molecule has 0 aliphatic carbocycles. The monoisotopic (exact) mass is 357 g/mol. The number of carbonyl (C=O) groups excluding carboxylic acids is 2. The van der Waals surface area contributed by atoms with Gasteiger partial charge in [-0.05, 0) is 56.4 Å². The Kier molecular flexibility index (Phi) is 6.47. The van der Waals surface area contributed by atoms with E-state index in [1.807, 2.05) is 13.8 Å². The van der Waals surface area contributed by atoms with Crippen LogP contribution < -0.4 is 16.0 Å². The zero-order valence-corrected chi connectivity index (χ0v) is 14.7. The minimum Gasteiger partial charge on any atom is -0.465 e. The second kappa shape index (κ2) is 8.79. The van der Waals surface area contributed by atoms with Crippen LogP contribution >= 0.6 is 12.2 Å². The lowest BCUT2D eigenvalue weighted by molar-refractivity contribution is -0.115. The summed E-state index contributed by atoms with van der Waals surface area (Å²) in [5.74, 6) is -0.0623. The predicted octanol–water partition coefficient (Wildman–Crippen LogP) is 2.94. The third kappa shape index (κ3) is 5.89. The summed E-state index contributed by atoms with van der Waals surface area (Å²) in [5, 5.41) is 8.30. The number of thiocarbonyl (C=S) groups is 1. The number of furan rings is 1. The van der Waals surface area contributed by atoms with E-state index in [2.05, 4.69) is 16.0 Å². The van der Waals surface area contributed by atoms with Gasteiger partial charge in [-0.25, -0.2) is 0 Å². The summed E-state index contributed by atoms with van der Waals surface area (Å²) in [6.07, 6.45) is 4.36. The lowest BCUT2D eigenvalue weighted by Crippen LogP contribution is -2.34. The minimum atomic E-state index is -0.405. The van der Waals surface area contributed by atoms with Crippen LogP contribution in [0.25, 0.3) is 6.08 Å². The normalized spacial score (nSPS) is 10.7. The molecular weight excluding hydrogens is 338 g/mol. The van der Waals surface area contributed by atoms with E-state index in [0.29, 0.717) is 17.0 Å². The molecule has 2 rings (SSSR count). The first kappa shape index (κ1) is 18.4. The van der Waals surface area contributed by atoms with Gasteiger partial charge in [-0.1, -0.05) is 12.1 Å². The maximum atomic E-state index is 12.2. The highest BCUT2D eigenvalue weighted by Gasteiger charge is 2.13. The molecule has 0 saturated heterocycles. The lowest BCUT2D eigenvalue weighted by atomic mass is 10.1. The molecule has 0 spiro atoms. The fourth-order valence-electron chi connectivity index (χ4n) is 1.98. The number of nitrogens with one attached hydrogen (secondary N) is 3. The van der Waals surface area contributed by atoms with Gasteiger partial charge >= 0.3 is 0 Å². The van der Waals surface area contributed by atoms with Gasteiger partial charge in [0.2, 0.25) is 5.91 Å². The molecule has 0 bridgehead atoms. The summed E-state index contributed by atoms with van der Waals surface area (Å²) >= 11 is 5.13. The quantitative estimate of drug-likeness (QED) is 0.566. The van der Waals surface area contributed by atoms with Crippen molar-refractivity contribution in [3.63, 3.8) is 0 Å². The number of benzene rings is 1. The minimum absolute atomic E-state index is 0.0129. The number of anilines is 1. The van der Waals surface area contributed by atoms with Gasteiger partial charge in [0.1, 0.15) is 5.76 Å². The molecule has 3 N–H and O–H groups in total. The molecule has 25 heavy (non-hydrogen) atoms. The van der Waals surface area contributed by atoms with Gasteiger partial charge in [0, 0.05) is 12.1 Å². The number of hydrogen-bond donors (Lipinski definition) is 3. The Morgan fingerprint density at radius 1 is 1.16 bits per heavy atom. The van der Waals surface area contributed by atoms with Crippen LogP contribution in [0.1, 0.15) is 30.0 Å². The SMILES string of the molecule is CC(C)NC(=O)c1ccccc1NC(=S)NC(=O)/C=C/c1ccco1. The average Bonchev–Trinajstić information content (AvgIpc) is 3.06. The number of para-hydroxylation sites is 1. The van der Waals surface area contributed by atoms with E-state index in [1.54, 1.807) is 36.4 Å². The first-order chi connectivity index (χ1) is 12.0. The number of rotatable bonds is 5. The second-order valence-corrected chi connectivity index (χ2v) is 5.87. The fourth-order valence-corrected chi connectivity index (χ4v) is 2.19. The standard InChI is InChI=1S/C18H19N3O3S/c1-12(2)19-17(23)14-7-3-4-8-15(14)20-18(25)21-16(22)10-9-13-6-5-11-24-13/h3-12H,1-2H3,(H,19,23)(H2,20,21,22,25)/b10-9+. The molecule has 0 unspecified atom stereocenters. The largest absolute Gasteiger partial charge is 0.465 e. The molecule has 1 aromatic heterocycles. The van der Waals surface area contributed by atoms with Crippen molar-refractivity contribution in [2.45, 2.75) is 19.9 Å². The van der Waals surface area contributed by atoms with E-state index in [1.165, 1.54) is 18.4 Å². The van der Waals surface area contributed by atoms with E-state index in [9.17, 15) is 9.59 Å². The maximum Gasteiger partial charge on any atom is 0.253 e. The van der Waals surface area contributed by atoms with E-state index in [-0.39, 0.29) is 17.1 Å². The molecule has 130 valence electrons. The average molecular weight is 357 g/mol. The lowest BCUT2D eigenvalue weighted by Gasteiger charge is -2.14. The molecule has 7 heteroatoms. The molecule has 0 radical (unpaired) electrons. The summed E-state index contributed by atoms with van der Waals surface area (Å²) in [4.78, 5) is 24.1. The Hall–Kier alpha value is -2.93. The highest BCUT2D eigenvalue weighted by atomic mass is 32.1. The van der Waals surface area contributed by atoms with E-state index in [0.717, 1.165) is 0 Å². The third-order valence-corrected chi connectivity index (χ3v) is 3.22. The summed E-state index contributed by atoms with van der Waals surface area (Å²) in [5.41, 5.74) is 0.958. The molecule has 6 nitrogen and oxygen atoms in total. The first-order valence-electron chi connectivity index (χ1n) is 7.69. The fraction of sp³-hybridized carbons (Fsp3) is 0.167. The Labute approximate surface area is 151 Å². The van der Waals surface area contributed by atoms with Crippen molar-refractivity contribution < 1.29 is 14.0 Å². The van der Waals surface area contributed by atoms with Gasteiger partial charge in [-0.15, -0.1) is 0 Å². The topological polar surface area (TPSA) is 83.4 Å².